The Morgan fingerprint density at radius 2 is 2.02 bits per heavy atom. The van der Waals surface area contributed by atoms with E-state index >= 15 is 4.39 Å². The summed E-state index contributed by atoms with van der Waals surface area (Å²) in [6.45, 7) is 5.38. The maximum Gasteiger partial charge on any atom is 0.228 e. The molecule has 0 amide bonds. The molecule has 0 radical (unpaired) electrons. The van der Waals surface area contributed by atoms with Crippen molar-refractivity contribution in [1.82, 2.24) is 4.57 Å². The first-order chi connectivity index (χ1) is 19.9. The zero-order valence-corrected chi connectivity index (χ0v) is 23.4. The van der Waals surface area contributed by atoms with Crippen LogP contribution in [-0.4, -0.2) is 34.9 Å². The van der Waals surface area contributed by atoms with Gasteiger partial charge < -0.3 is 25.6 Å². The number of aliphatic hydroxyl groups excluding tert-OH is 1. The molecular formula is C32H34FN7O. The smallest absolute Gasteiger partial charge is 0.228 e. The number of hydrogen-bond acceptors (Lipinski definition) is 4. The number of halogens is 1. The third kappa shape index (κ3) is 5.26. The van der Waals surface area contributed by atoms with E-state index in [0.29, 0.717) is 28.4 Å². The molecule has 0 bridgehead atoms. The average molecular weight is 552 g/mol. The number of guanidine groups is 1. The van der Waals surface area contributed by atoms with E-state index < -0.39 is 0 Å². The maximum atomic E-state index is 15.7. The summed E-state index contributed by atoms with van der Waals surface area (Å²) >= 11 is 0. The van der Waals surface area contributed by atoms with Gasteiger partial charge in [-0.3, -0.25) is 4.99 Å². The number of aliphatic imine (C=N–C) groups is 3. The topological polar surface area (TPSA) is 104 Å². The molecular weight excluding hydrogens is 517 g/mol. The number of allylic oxidation sites excluding steroid dienone is 1. The van der Waals surface area contributed by atoms with E-state index in [9.17, 15) is 5.11 Å². The summed E-state index contributed by atoms with van der Waals surface area (Å²) in [5, 5.41) is 13.8. The lowest BCUT2D eigenvalue weighted by Gasteiger charge is -2.31. The molecule has 3 aromatic rings. The van der Waals surface area contributed by atoms with Gasteiger partial charge in [-0.05, 0) is 86.2 Å². The Labute approximate surface area is 239 Å². The highest BCUT2D eigenvalue weighted by Crippen LogP contribution is 2.48. The molecule has 0 spiro atoms. The zero-order valence-electron chi connectivity index (χ0n) is 23.4. The predicted molar refractivity (Wildman–Crippen MR) is 165 cm³/mol. The Hall–Kier alpha value is -4.34. The van der Waals surface area contributed by atoms with Crippen molar-refractivity contribution in [2.75, 3.05) is 16.9 Å². The maximum absolute atomic E-state index is 15.7. The second kappa shape index (κ2) is 10.9. The highest BCUT2D eigenvalue weighted by atomic mass is 19.1. The summed E-state index contributed by atoms with van der Waals surface area (Å²) in [5.41, 5.74) is 14.3. The van der Waals surface area contributed by atoms with Crippen molar-refractivity contribution in [3.63, 3.8) is 0 Å². The molecule has 4 N–H and O–H groups in total. The van der Waals surface area contributed by atoms with Gasteiger partial charge in [-0.1, -0.05) is 18.2 Å². The molecule has 0 atom stereocenters. The molecule has 1 aliphatic heterocycles. The Bertz CT molecular complexity index is 1630. The van der Waals surface area contributed by atoms with Crippen LogP contribution in [0.4, 0.5) is 15.8 Å². The zero-order chi connectivity index (χ0) is 28.7. The van der Waals surface area contributed by atoms with Gasteiger partial charge in [0, 0.05) is 41.8 Å². The van der Waals surface area contributed by atoms with Gasteiger partial charge in [-0.15, -0.1) is 0 Å². The Kier molecular flexibility index (Phi) is 7.15. The highest BCUT2D eigenvalue weighted by molar-refractivity contribution is 6.11. The molecule has 8 nitrogen and oxygen atoms in total. The molecule has 2 saturated carbocycles. The molecule has 2 aliphatic carbocycles. The fourth-order valence-corrected chi connectivity index (χ4v) is 5.40. The van der Waals surface area contributed by atoms with Crippen LogP contribution in [-0.2, 0) is 13.7 Å². The summed E-state index contributed by atoms with van der Waals surface area (Å²) in [5.74, 6) is 0.822. The Balaban J connectivity index is 1.41. The number of aryl methyl sites for hydroxylation is 2. The number of aromatic nitrogens is 1. The van der Waals surface area contributed by atoms with Crippen LogP contribution in [0.2, 0.25) is 0 Å². The van der Waals surface area contributed by atoms with E-state index in [-0.39, 0.29) is 25.1 Å². The third-order valence-electron chi connectivity index (χ3n) is 7.83. The van der Waals surface area contributed by atoms with Crippen molar-refractivity contribution < 1.29 is 9.50 Å². The second-order valence-corrected chi connectivity index (χ2v) is 10.7. The van der Waals surface area contributed by atoms with Crippen LogP contribution < -0.4 is 16.0 Å². The molecule has 6 rings (SSSR count). The minimum Gasteiger partial charge on any atom is -0.392 e. The van der Waals surface area contributed by atoms with Crippen LogP contribution in [0.15, 0.2) is 69.3 Å². The summed E-state index contributed by atoms with van der Waals surface area (Å²) in [4.78, 5) is 15.1. The van der Waals surface area contributed by atoms with Gasteiger partial charge in [0.05, 0.1) is 30.3 Å². The van der Waals surface area contributed by atoms with E-state index in [2.05, 4.69) is 33.1 Å². The quantitative estimate of drug-likeness (QED) is 0.271. The number of nitrogens with one attached hydrogen (secondary N) is 1. The Morgan fingerprint density at radius 1 is 1.22 bits per heavy atom. The van der Waals surface area contributed by atoms with Crippen LogP contribution in [0.5, 0.6) is 0 Å². The number of nitrogens with zero attached hydrogens (tertiary/aromatic N) is 5. The molecule has 1 aromatic heterocycles. The van der Waals surface area contributed by atoms with Crippen LogP contribution in [0, 0.1) is 12.7 Å². The van der Waals surface area contributed by atoms with Gasteiger partial charge in [0.2, 0.25) is 5.96 Å². The number of amidine groups is 1. The lowest BCUT2D eigenvalue weighted by atomic mass is 9.93. The molecule has 3 aliphatic rings. The molecule has 2 aromatic carbocycles. The second-order valence-electron chi connectivity index (χ2n) is 10.7. The first kappa shape index (κ1) is 26.9. The first-order valence-corrected chi connectivity index (χ1v) is 13.9. The molecule has 0 unspecified atom stereocenters. The van der Waals surface area contributed by atoms with Crippen LogP contribution >= 0.6 is 0 Å². The van der Waals surface area contributed by atoms with Gasteiger partial charge >= 0.3 is 0 Å². The van der Waals surface area contributed by atoms with E-state index in [4.69, 9.17) is 5.73 Å². The largest absolute Gasteiger partial charge is 0.392 e. The van der Waals surface area contributed by atoms with Gasteiger partial charge in [0.25, 0.3) is 0 Å². The lowest BCUT2D eigenvalue weighted by Crippen LogP contribution is -2.22. The SMILES string of the molecule is C=NC(=N/C(=N\CN)c1cccc(N2C=Cc3cc(C4CC4)cc(F)c3C2=C2CC2)c1CO)Nc1cc(C)n(C)c1. The van der Waals surface area contributed by atoms with E-state index in [1.54, 1.807) is 6.07 Å². The van der Waals surface area contributed by atoms with E-state index in [1.165, 1.54) is 5.57 Å². The average Bonchev–Trinajstić information content (AvgIpc) is 3.89. The first-order valence-electron chi connectivity index (χ1n) is 13.9. The fraction of sp³-hybridized carbons (Fsp3) is 0.281. The summed E-state index contributed by atoms with van der Waals surface area (Å²) in [7, 11) is 1.95. The number of nitrogens with two attached hydrogens (primary N) is 1. The van der Waals surface area contributed by atoms with Crippen molar-refractivity contribution in [2.45, 2.75) is 45.1 Å². The Morgan fingerprint density at radius 3 is 2.66 bits per heavy atom. The summed E-state index contributed by atoms with van der Waals surface area (Å²) in [6.07, 6.45) is 9.93. The fourth-order valence-electron chi connectivity index (χ4n) is 5.40. The van der Waals surface area contributed by atoms with Crippen LogP contribution in [0.1, 0.15) is 65.1 Å². The number of aliphatic hydroxyl groups is 1. The monoisotopic (exact) mass is 551 g/mol. The molecule has 2 heterocycles. The minimum absolute atomic E-state index is 0.0103. The highest BCUT2D eigenvalue weighted by Gasteiger charge is 2.33. The lowest BCUT2D eigenvalue weighted by molar-refractivity contribution is 0.282. The van der Waals surface area contributed by atoms with Crippen molar-refractivity contribution in [2.24, 2.45) is 27.8 Å². The van der Waals surface area contributed by atoms with Crippen LogP contribution in [0.3, 0.4) is 0 Å². The standard InChI is InChI=1S/C32H34FN7O/c1-19-13-24(16-39(19)3)37-32(35-2)38-31(36-18-34)25-5-4-6-28(26(25)17-41)40-12-11-22-14-23(20-7-8-20)15-27(33)29(22)30(40)21-9-10-21/h4-6,11-16,20,41H,2,7-10,17-18,34H2,1,3H3,(H,36,37,38). The number of benzene rings is 2. The summed E-state index contributed by atoms with van der Waals surface area (Å²) < 4.78 is 17.7. The summed E-state index contributed by atoms with van der Waals surface area (Å²) in [6, 6.07) is 11.4. The van der Waals surface area contributed by atoms with Crippen molar-refractivity contribution in [3.05, 3.63) is 93.7 Å². The predicted octanol–water partition coefficient (Wildman–Crippen LogP) is 5.67. The number of anilines is 2. The third-order valence-corrected chi connectivity index (χ3v) is 7.83. The minimum atomic E-state index is -0.282. The van der Waals surface area contributed by atoms with Gasteiger partial charge in [-0.25, -0.2) is 9.38 Å². The molecule has 0 saturated heterocycles. The van der Waals surface area contributed by atoms with Crippen LogP contribution in [0.25, 0.3) is 11.8 Å². The number of hydrogen-bond donors (Lipinski definition) is 3. The molecule has 210 valence electrons. The number of fused-ring (bicyclic) bond motifs is 1. The van der Waals surface area contributed by atoms with E-state index in [1.807, 2.05) is 66.2 Å². The number of rotatable bonds is 6. The van der Waals surface area contributed by atoms with E-state index in [0.717, 1.165) is 59.6 Å². The molecule has 2 fully saturated rings. The molecule has 41 heavy (non-hydrogen) atoms. The molecule has 9 heteroatoms. The van der Waals surface area contributed by atoms with Gasteiger partial charge in [0.1, 0.15) is 5.82 Å². The van der Waals surface area contributed by atoms with Crippen molar-refractivity contribution in [1.29, 1.82) is 0 Å². The van der Waals surface area contributed by atoms with Crippen molar-refractivity contribution in [3.8, 4) is 0 Å². The normalized spacial score (nSPS) is 16.8. The van der Waals surface area contributed by atoms with Crippen molar-refractivity contribution >= 4 is 41.7 Å². The van der Waals surface area contributed by atoms with Gasteiger partial charge in [0.15, 0.2) is 5.84 Å². The van der Waals surface area contributed by atoms with Gasteiger partial charge in [-0.2, -0.15) is 4.99 Å².